The lowest BCUT2D eigenvalue weighted by atomic mass is 10.1. The first kappa shape index (κ1) is 56.1. The third kappa shape index (κ3) is 14.6. The second kappa shape index (κ2) is 24.4. The van der Waals surface area contributed by atoms with Gasteiger partial charge in [-0.1, -0.05) is 64.9 Å². The van der Waals surface area contributed by atoms with Gasteiger partial charge in [0.2, 0.25) is 0 Å². The minimum Gasteiger partial charge on any atom is -0.459 e. The zero-order valence-corrected chi connectivity index (χ0v) is 44.1. The number of terminal acetylenes is 1. The highest BCUT2D eigenvalue weighted by Crippen LogP contribution is 2.25. The van der Waals surface area contributed by atoms with Crippen LogP contribution < -0.4 is 32.7 Å². The lowest BCUT2D eigenvalue weighted by Gasteiger charge is -2.19. The Labute approximate surface area is 452 Å². The minimum absolute atomic E-state index is 0. The molecule has 0 saturated carbocycles. The molecule has 0 radical (unpaired) electrons. The van der Waals surface area contributed by atoms with Crippen LogP contribution in [0.3, 0.4) is 0 Å². The van der Waals surface area contributed by atoms with E-state index in [1.807, 2.05) is 79.1 Å². The van der Waals surface area contributed by atoms with Crippen molar-refractivity contribution >= 4 is 57.5 Å². The maximum atomic E-state index is 12.5. The van der Waals surface area contributed by atoms with E-state index < -0.39 is 23.4 Å². The quantitative estimate of drug-likeness (QED) is 0.114. The van der Waals surface area contributed by atoms with E-state index in [1.54, 1.807) is 99.4 Å². The van der Waals surface area contributed by atoms with Crippen molar-refractivity contribution in [1.82, 2.24) is 40.6 Å². The second-order valence-electron chi connectivity index (χ2n) is 19.2. The summed E-state index contributed by atoms with van der Waals surface area (Å²) < 4.78 is 30.8. The highest BCUT2D eigenvalue weighted by atomic mass is 35.5. The first-order valence-electron chi connectivity index (χ1n) is 24.1. The zero-order chi connectivity index (χ0) is 54.9. The van der Waals surface area contributed by atoms with Gasteiger partial charge in [0.25, 0.3) is 0 Å². The van der Waals surface area contributed by atoms with Gasteiger partial charge >= 0.3 is 12.2 Å². The Morgan fingerprint density at radius 1 is 0.564 bits per heavy atom. The molecule has 398 valence electrons. The van der Waals surface area contributed by atoms with Crippen molar-refractivity contribution in [2.24, 2.45) is 5.73 Å². The number of para-hydroxylation sites is 2. The van der Waals surface area contributed by atoms with Crippen molar-refractivity contribution in [3.05, 3.63) is 199 Å². The Hall–Kier alpha value is -9.64. The average Bonchev–Trinajstić information content (AvgIpc) is 4.20. The van der Waals surface area contributed by atoms with Crippen LogP contribution in [0.4, 0.5) is 9.59 Å². The van der Waals surface area contributed by atoms with Crippen molar-refractivity contribution < 1.29 is 32.3 Å². The monoisotopic (exact) mass is 1070 g/mol. The molecule has 0 aliphatic carbocycles. The fourth-order valence-corrected chi connectivity index (χ4v) is 7.45. The van der Waals surface area contributed by atoms with Gasteiger partial charge in [-0.05, 0) is 108 Å². The van der Waals surface area contributed by atoms with Gasteiger partial charge in [-0.15, -0.1) is 29.0 Å². The van der Waals surface area contributed by atoms with Crippen molar-refractivity contribution in [2.45, 2.75) is 72.4 Å². The summed E-state index contributed by atoms with van der Waals surface area (Å²) in [4.78, 5) is 60.0. The van der Waals surface area contributed by atoms with Crippen LogP contribution >= 0.6 is 12.4 Å². The van der Waals surface area contributed by atoms with E-state index in [0.29, 0.717) is 67.1 Å². The number of hydrogen-bond acceptors (Lipinski definition) is 15. The molecule has 10 aromatic rings. The Bertz CT molecular complexity index is 3980. The molecule has 0 bridgehead atoms. The van der Waals surface area contributed by atoms with Gasteiger partial charge < -0.3 is 39.1 Å². The lowest BCUT2D eigenvalue weighted by Crippen LogP contribution is -2.32. The Balaban J connectivity index is 0.000000172. The smallest absolute Gasteiger partial charge is 0.408 e. The van der Waals surface area contributed by atoms with E-state index in [9.17, 15) is 24.0 Å². The summed E-state index contributed by atoms with van der Waals surface area (Å²) >= 11 is 0. The van der Waals surface area contributed by atoms with Gasteiger partial charge in [0, 0.05) is 34.9 Å². The Morgan fingerprint density at radius 3 is 1.35 bits per heavy atom. The van der Waals surface area contributed by atoms with Gasteiger partial charge in [-0.2, -0.15) is 0 Å². The summed E-state index contributed by atoms with van der Waals surface area (Å²) in [6.45, 7) is 10.9. The van der Waals surface area contributed by atoms with Gasteiger partial charge in [0.15, 0.2) is 16.3 Å². The average molecular weight is 1070 g/mol. The summed E-state index contributed by atoms with van der Waals surface area (Å²) in [5, 5.41) is 23.3. The second-order valence-corrected chi connectivity index (χ2v) is 19.2. The number of hydrogen-bond donors (Lipinski definition) is 3. The molecule has 78 heavy (non-hydrogen) atoms. The first-order valence-corrected chi connectivity index (χ1v) is 24.1. The van der Waals surface area contributed by atoms with E-state index in [0.717, 1.165) is 22.5 Å². The molecule has 0 unspecified atom stereocenters. The molecule has 10 rings (SSSR count). The van der Waals surface area contributed by atoms with Crippen LogP contribution in [0.5, 0.6) is 0 Å². The van der Waals surface area contributed by atoms with Crippen LogP contribution in [0.15, 0.2) is 173 Å². The number of carbonyl (C=O) groups excluding carboxylic acids is 2. The summed E-state index contributed by atoms with van der Waals surface area (Å²) in [5.74, 6) is 3.60. The van der Waals surface area contributed by atoms with E-state index >= 15 is 0 Å². The summed E-state index contributed by atoms with van der Waals surface area (Å²) in [5.41, 5.74) is 10.5. The zero-order valence-electron chi connectivity index (χ0n) is 43.3. The fourth-order valence-electron chi connectivity index (χ4n) is 7.45. The predicted octanol–water partition coefficient (Wildman–Crippen LogP) is 9.79. The van der Waals surface area contributed by atoms with Crippen molar-refractivity contribution in [3.8, 4) is 46.2 Å². The SMILES string of the molecule is C#Cc1ccc2c(=O)cc(CNC(=O)OC(C)(C)C)oc2c1.CC(C)(C)OC(=O)NCc1cc(=O)c2ccc(-c3cn(-c4ccccc4)nn3)cc2o1.Cl.NCc1cc(=O)c2ccc(-c3cn(-c4ccccc4)nn3)cc2o1. The number of nitrogens with one attached hydrogen (secondary N) is 2. The maximum absolute atomic E-state index is 12.5. The van der Waals surface area contributed by atoms with E-state index in [2.05, 4.69) is 37.2 Å². The summed E-state index contributed by atoms with van der Waals surface area (Å²) in [7, 11) is 0. The molecule has 19 nitrogen and oxygen atoms in total. The molecule has 0 aliphatic rings. The fraction of sp³-hybridized carbons (Fsp3) is 0.190. The van der Waals surface area contributed by atoms with Crippen LogP contribution in [0.1, 0.15) is 64.4 Å². The van der Waals surface area contributed by atoms with Crippen molar-refractivity contribution in [1.29, 1.82) is 0 Å². The molecule has 0 aliphatic heterocycles. The number of aromatic nitrogens is 6. The topological polar surface area (TPSA) is 255 Å². The first-order chi connectivity index (χ1) is 36.8. The van der Waals surface area contributed by atoms with Crippen LogP contribution in [0.25, 0.3) is 66.8 Å². The predicted molar refractivity (Wildman–Crippen MR) is 297 cm³/mol. The number of rotatable bonds is 9. The molecule has 5 aromatic heterocycles. The molecular weight excluding hydrogens is 1020 g/mol. The lowest BCUT2D eigenvalue weighted by molar-refractivity contribution is 0.0509. The molecule has 0 spiro atoms. The standard InChI is InChI=1S/C23H22N4O4.C18H14N4O2.C17H17NO4.ClH/c1-23(2,3)31-22(29)24-13-17-12-20(28)18-10-9-15(11-21(18)30-17)19-14-27(26-25-19)16-7-5-4-6-8-16;19-10-14-9-17(23)15-7-6-12(8-18(15)24-14)16-11-22(21-20-16)13-4-2-1-3-5-13;1-5-11-6-7-13-14(19)9-12(21-15(13)8-11)10-18-16(20)22-17(2,3)4;/h4-12,14H,13H2,1-3H3,(H,24,29);1-9,11H,10,19H2;1,6-9H,10H2,2-4H3,(H,18,20);1H. The van der Waals surface area contributed by atoms with Gasteiger partial charge in [0.1, 0.15) is 56.6 Å². The normalized spacial score (nSPS) is 11.1. The number of benzene rings is 5. The number of halogens is 1. The summed E-state index contributed by atoms with van der Waals surface area (Å²) in [6, 6.07) is 39.0. The number of fused-ring (bicyclic) bond motifs is 3. The van der Waals surface area contributed by atoms with E-state index in [1.165, 1.54) is 18.2 Å². The molecule has 5 heterocycles. The molecule has 4 N–H and O–H groups in total. The van der Waals surface area contributed by atoms with Gasteiger partial charge in [-0.25, -0.2) is 19.0 Å². The highest BCUT2D eigenvalue weighted by Gasteiger charge is 2.19. The largest absolute Gasteiger partial charge is 0.459 e. The van der Waals surface area contributed by atoms with Crippen LogP contribution in [0, 0.1) is 12.3 Å². The third-order valence-electron chi connectivity index (χ3n) is 10.9. The van der Waals surface area contributed by atoms with Crippen LogP contribution in [0.2, 0.25) is 0 Å². The molecule has 2 amide bonds. The highest BCUT2D eigenvalue weighted by molar-refractivity contribution is 5.85. The number of alkyl carbamates (subject to hydrolysis) is 2. The molecule has 20 heteroatoms. The molecule has 0 fully saturated rings. The Morgan fingerprint density at radius 2 is 0.949 bits per heavy atom. The molecule has 0 saturated heterocycles. The van der Waals surface area contributed by atoms with E-state index in [4.69, 9.17) is 34.9 Å². The number of nitrogens with two attached hydrogens (primary N) is 1. The number of ether oxygens (including phenoxy) is 2. The van der Waals surface area contributed by atoms with Crippen LogP contribution in [-0.2, 0) is 29.1 Å². The van der Waals surface area contributed by atoms with Crippen molar-refractivity contribution in [3.63, 3.8) is 0 Å². The van der Waals surface area contributed by atoms with Crippen LogP contribution in [-0.4, -0.2) is 53.4 Å². The van der Waals surface area contributed by atoms with E-state index in [-0.39, 0.29) is 48.3 Å². The molecule has 5 aromatic carbocycles. The van der Waals surface area contributed by atoms with Crippen molar-refractivity contribution in [2.75, 3.05) is 0 Å². The molecular formula is C58H54ClN9O10. The number of nitrogens with zero attached hydrogens (tertiary/aromatic N) is 6. The maximum Gasteiger partial charge on any atom is 0.408 e. The third-order valence-corrected chi connectivity index (χ3v) is 10.9. The number of carbonyl (C=O) groups is 2. The minimum atomic E-state index is -0.611. The van der Waals surface area contributed by atoms with Gasteiger partial charge in [-0.3, -0.25) is 14.4 Å². The van der Waals surface area contributed by atoms with Gasteiger partial charge in [0.05, 0.1) is 59.6 Å². The Kier molecular flexibility index (Phi) is 17.5. The molecule has 0 atom stereocenters. The number of amides is 2. The summed E-state index contributed by atoms with van der Waals surface area (Å²) in [6.07, 6.45) is 7.82.